The second kappa shape index (κ2) is 9.54. The van der Waals surface area contributed by atoms with Gasteiger partial charge in [0.15, 0.2) is 0 Å². The van der Waals surface area contributed by atoms with E-state index in [1.807, 2.05) is 0 Å². The second-order valence-corrected chi connectivity index (χ2v) is 5.84. The van der Waals surface area contributed by atoms with Gasteiger partial charge in [0.25, 0.3) is 0 Å². The predicted molar refractivity (Wildman–Crippen MR) is 82.6 cm³/mol. The van der Waals surface area contributed by atoms with Gasteiger partial charge in [-0.2, -0.15) is 0 Å². The maximum atomic E-state index is 5.48. The number of halogens is 1. The first-order chi connectivity index (χ1) is 8.72. The molecule has 3 heteroatoms. The summed E-state index contributed by atoms with van der Waals surface area (Å²) in [6.45, 7) is 3.05. The van der Waals surface area contributed by atoms with Crippen molar-refractivity contribution in [3.63, 3.8) is 0 Å². The van der Waals surface area contributed by atoms with Crippen molar-refractivity contribution in [1.29, 1.82) is 0 Å². The molecule has 0 atom stereocenters. The summed E-state index contributed by atoms with van der Waals surface area (Å²) in [6, 6.07) is 8.58. The number of hydrogen-bond donors (Lipinski definition) is 1. The molecular weight excluding hydrogens is 288 g/mol. The van der Waals surface area contributed by atoms with Gasteiger partial charge in [0.1, 0.15) is 0 Å². The smallest absolute Gasteiger partial charge is 0.0230 e. The Hall–Kier alpha value is -0.380. The van der Waals surface area contributed by atoms with Crippen molar-refractivity contribution in [1.82, 2.24) is 4.90 Å². The molecule has 0 spiro atoms. The molecule has 0 heterocycles. The Morgan fingerprint density at radius 1 is 1.00 bits per heavy atom. The summed E-state index contributed by atoms with van der Waals surface area (Å²) < 4.78 is 1.15. The van der Waals surface area contributed by atoms with Crippen molar-refractivity contribution in [3.8, 4) is 0 Å². The van der Waals surface area contributed by atoms with Gasteiger partial charge in [0.2, 0.25) is 0 Å². The molecule has 18 heavy (non-hydrogen) atoms. The average molecular weight is 313 g/mol. The lowest BCUT2D eigenvalue weighted by molar-refractivity contribution is 0.316. The summed E-state index contributed by atoms with van der Waals surface area (Å²) in [6.07, 6.45) is 6.40. The Morgan fingerprint density at radius 3 is 2.28 bits per heavy atom. The van der Waals surface area contributed by atoms with E-state index >= 15 is 0 Å². The lowest BCUT2D eigenvalue weighted by atomic mass is 10.1. The highest BCUT2D eigenvalue weighted by Gasteiger charge is 2.00. The van der Waals surface area contributed by atoms with E-state index < -0.39 is 0 Å². The molecule has 0 radical (unpaired) electrons. The molecule has 1 rings (SSSR count). The van der Waals surface area contributed by atoms with Crippen LogP contribution in [0.15, 0.2) is 28.7 Å². The molecule has 1 aromatic rings. The van der Waals surface area contributed by atoms with Crippen molar-refractivity contribution in [3.05, 3.63) is 34.3 Å². The van der Waals surface area contributed by atoms with Gasteiger partial charge in [-0.25, -0.2) is 0 Å². The minimum Gasteiger partial charge on any atom is -0.330 e. The standard InChI is InChI=1S/C15H25BrN2/c1-18(12-6-4-2-3-5-11-17)13-14-7-9-15(16)10-8-14/h7-10H,2-6,11-13,17H2,1H3. The molecule has 2 N–H and O–H groups in total. The van der Waals surface area contributed by atoms with Gasteiger partial charge >= 0.3 is 0 Å². The molecular formula is C15H25BrN2. The quantitative estimate of drug-likeness (QED) is 0.703. The summed E-state index contributed by atoms with van der Waals surface area (Å²) in [4.78, 5) is 2.40. The first kappa shape index (κ1) is 15.7. The van der Waals surface area contributed by atoms with Gasteiger partial charge in [-0.15, -0.1) is 0 Å². The van der Waals surface area contributed by atoms with Gasteiger partial charge in [0.05, 0.1) is 0 Å². The van der Waals surface area contributed by atoms with E-state index in [2.05, 4.69) is 52.1 Å². The number of rotatable bonds is 9. The van der Waals surface area contributed by atoms with E-state index in [1.54, 1.807) is 0 Å². The zero-order valence-electron chi connectivity index (χ0n) is 11.4. The summed E-state index contributed by atoms with van der Waals surface area (Å²) >= 11 is 3.46. The van der Waals surface area contributed by atoms with Gasteiger partial charge in [-0.05, 0) is 50.7 Å². The molecule has 0 aliphatic rings. The Bertz CT molecular complexity index is 311. The molecule has 2 nitrogen and oxygen atoms in total. The number of nitrogens with zero attached hydrogens (tertiary/aromatic N) is 1. The molecule has 0 aliphatic heterocycles. The largest absolute Gasteiger partial charge is 0.330 e. The molecule has 0 saturated heterocycles. The lowest BCUT2D eigenvalue weighted by Gasteiger charge is -2.16. The van der Waals surface area contributed by atoms with Crippen molar-refractivity contribution >= 4 is 15.9 Å². The second-order valence-electron chi connectivity index (χ2n) is 4.92. The average Bonchev–Trinajstić information content (AvgIpc) is 2.36. The Labute approximate surface area is 120 Å². The van der Waals surface area contributed by atoms with E-state index in [1.165, 1.54) is 44.2 Å². The molecule has 0 saturated carbocycles. The molecule has 0 amide bonds. The third kappa shape index (κ3) is 7.14. The van der Waals surface area contributed by atoms with E-state index in [9.17, 15) is 0 Å². The highest BCUT2D eigenvalue weighted by molar-refractivity contribution is 9.10. The maximum Gasteiger partial charge on any atom is 0.0230 e. The SMILES string of the molecule is CN(CCCCCCCN)Cc1ccc(Br)cc1. The van der Waals surface area contributed by atoms with Gasteiger partial charge in [-0.1, -0.05) is 47.3 Å². The van der Waals surface area contributed by atoms with E-state index in [0.29, 0.717) is 0 Å². The fourth-order valence-electron chi connectivity index (χ4n) is 2.04. The van der Waals surface area contributed by atoms with Crippen LogP contribution in [-0.4, -0.2) is 25.0 Å². The van der Waals surface area contributed by atoms with Crippen molar-refractivity contribution < 1.29 is 0 Å². The Balaban J connectivity index is 2.10. The van der Waals surface area contributed by atoms with Crippen LogP contribution in [0.1, 0.15) is 37.7 Å². The summed E-state index contributed by atoms with van der Waals surface area (Å²) in [5.74, 6) is 0. The first-order valence-electron chi connectivity index (χ1n) is 6.85. The molecule has 0 bridgehead atoms. The highest BCUT2D eigenvalue weighted by Crippen LogP contribution is 2.12. The van der Waals surface area contributed by atoms with Crippen LogP contribution in [0.3, 0.4) is 0 Å². The molecule has 1 aromatic carbocycles. The summed E-state index contributed by atoms with van der Waals surface area (Å²) in [7, 11) is 2.20. The number of benzene rings is 1. The first-order valence-corrected chi connectivity index (χ1v) is 7.64. The Morgan fingerprint density at radius 2 is 1.61 bits per heavy atom. The van der Waals surface area contributed by atoms with Crippen molar-refractivity contribution in [2.45, 2.75) is 38.6 Å². The summed E-state index contributed by atoms with van der Waals surface area (Å²) in [5, 5.41) is 0. The Kier molecular flexibility index (Phi) is 8.31. The normalized spacial score (nSPS) is 11.1. The van der Waals surface area contributed by atoms with Crippen LogP contribution in [0.25, 0.3) is 0 Å². The van der Waals surface area contributed by atoms with Crippen LogP contribution in [0.2, 0.25) is 0 Å². The van der Waals surface area contributed by atoms with Crippen LogP contribution < -0.4 is 5.73 Å². The zero-order chi connectivity index (χ0) is 13.2. The third-order valence-electron chi connectivity index (χ3n) is 3.11. The minimum atomic E-state index is 0.837. The summed E-state index contributed by atoms with van der Waals surface area (Å²) in [5.41, 5.74) is 6.85. The number of hydrogen-bond acceptors (Lipinski definition) is 2. The van der Waals surface area contributed by atoms with Gasteiger partial charge < -0.3 is 10.6 Å². The lowest BCUT2D eigenvalue weighted by Crippen LogP contribution is -2.19. The highest BCUT2D eigenvalue weighted by atomic mass is 79.9. The molecule has 102 valence electrons. The molecule has 0 aromatic heterocycles. The van der Waals surface area contributed by atoms with Crippen LogP contribution in [0.4, 0.5) is 0 Å². The molecule has 0 aliphatic carbocycles. The number of nitrogens with two attached hydrogens (primary N) is 1. The predicted octanol–water partition coefficient (Wildman–Crippen LogP) is 3.79. The zero-order valence-corrected chi connectivity index (χ0v) is 13.0. The van der Waals surface area contributed by atoms with E-state index in [4.69, 9.17) is 5.73 Å². The van der Waals surface area contributed by atoms with Gasteiger partial charge in [-0.3, -0.25) is 0 Å². The fraction of sp³-hybridized carbons (Fsp3) is 0.600. The molecule has 0 unspecified atom stereocenters. The van der Waals surface area contributed by atoms with Crippen LogP contribution in [0.5, 0.6) is 0 Å². The third-order valence-corrected chi connectivity index (χ3v) is 3.64. The topological polar surface area (TPSA) is 29.3 Å². The minimum absolute atomic E-state index is 0.837. The van der Waals surface area contributed by atoms with Crippen molar-refractivity contribution in [2.75, 3.05) is 20.1 Å². The van der Waals surface area contributed by atoms with Crippen LogP contribution in [0, 0.1) is 0 Å². The monoisotopic (exact) mass is 312 g/mol. The van der Waals surface area contributed by atoms with Crippen molar-refractivity contribution in [2.24, 2.45) is 5.73 Å². The van der Waals surface area contributed by atoms with E-state index in [0.717, 1.165) is 17.6 Å². The maximum absolute atomic E-state index is 5.48. The fourth-order valence-corrected chi connectivity index (χ4v) is 2.30. The van der Waals surface area contributed by atoms with Gasteiger partial charge in [0, 0.05) is 11.0 Å². The van der Waals surface area contributed by atoms with E-state index in [-0.39, 0.29) is 0 Å². The van der Waals surface area contributed by atoms with Crippen LogP contribution in [-0.2, 0) is 6.54 Å². The number of unbranched alkanes of at least 4 members (excludes halogenated alkanes) is 4. The van der Waals surface area contributed by atoms with Crippen LogP contribution >= 0.6 is 15.9 Å². The molecule has 0 fully saturated rings.